The van der Waals surface area contributed by atoms with E-state index >= 15 is 0 Å². The van der Waals surface area contributed by atoms with Crippen molar-refractivity contribution in [3.05, 3.63) is 63.9 Å². The summed E-state index contributed by atoms with van der Waals surface area (Å²) in [6.07, 6.45) is -0.331. The summed E-state index contributed by atoms with van der Waals surface area (Å²) in [7, 11) is -4.08. The van der Waals surface area contributed by atoms with Gasteiger partial charge in [0, 0.05) is 23.2 Å². The number of nitro groups is 1. The predicted molar refractivity (Wildman–Crippen MR) is 105 cm³/mol. The summed E-state index contributed by atoms with van der Waals surface area (Å²) in [6.45, 7) is 5.05. The molecule has 10 heteroatoms. The molecule has 0 aliphatic carbocycles. The number of furan rings is 1. The van der Waals surface area contributed by atoms with E-state index in [9.17, 15) is 23.3 Å². The number of ether oxygens (including phenoxy) is 1. The molecular formula is C19H18N2O7S. The second kappa shape index (κ2) is 7.55. The third-order valence-corrected chi connectivity index (χ3v) is 5.38. The number of rotatable bonds is 6. The number of sulfonamides is 1. The van der Waals surface area contributed by atoms with Gasteiger partial charge < -0.3 is 9.15 Å². The quantitative estimate of drug-likeness (QED) is 0.364. The summed E-state index contributed by atoms with van der Waals surface area (Å²) in [5.74, 6) is -0.223. The lowest BCUT2D eigenvalue weighted by molar-refractivity contribution is -0.385. The summed E-state index contributed by atoms with van der Waals surface area (Å²) in [4.78, 5) is 22.4. The van der Waals surface area contributed by atoms with Gasteiger partial charge in [0.05, 0.1) is 15.9 Å². The van der Waals surface area contributed by atoms with Gasteiger partial charge in [0.1, 0.15) is 16.9 Å². The lowest BCUT2D eigenvalue weighted by Gasteiger charge is -2.09. The Kier molecular flexibility index (Phi) is 5.29. The lowest BCUT2D eigenvalue weighted by Crippen LogP contribution is -2.13. The largest absolute Gasteiger partial charge is 0.460 e. The van der Waals surface area contributed by atoms with Crippen LogP contribution in [0.2, 0.25) is 0 Å². The fraction of sp³-hybridized carbons (Fsp3) is 0.211. The number of nitro benzene ring substituents is 1. The van der Waals surface area contributed by atoms with Crippen LogP contribution in [0.1, 0.15) is 30.0 Å². The monoisotopic (exact) mass is 418 g/mol. The zero-order valence-corrected chi connectivity index (χ0v) is 16.6. The fourth-order valence-corrected chi connectivity index (χ4v) is 3.88. The maximum atomic E-state index is 12.6. The predicted octanol–water partition coefficient (Wildman–Crippen LogP) is 4.02. The molecule has 0 bridgehead atoms. The van der Waals surface area contributed by atoms with Crippen molar-refractivity contribution in [3.63, 3.8) is 0 Å². The van der Waals surface area contributed by atoms with Crippen LogP contribution < -0.4 is 4.72 Å². The molecule has 1 N–H and O–H groups in total. The highest BCUT2D eigenvalue weighted by Crippen LogP contribution is 2.30. The number of hydrogen-bond donors (Lipinski definition) is 1. The van der Waals surface area contributed by atoms with Crippen LogP contribution in [0.15, 0.2) is 51.8 Å². The molecule has 152 valence electrons. The van der Waals surface area contributed by atoms with Gasteiger partial charge >= 0.3 is 5.97 Å². The molecule has 0 atom stereocenters. The molecule has 0 aliphatic heterocycles. The van der Waals surface area contributed by atoms with E-state index in [2.05, 4.69) is 4.72 Å². The van der Waals surface area contributed by atoms with Crippen LogP contribution in [0.25, 0.3) is 11.0 Å². The fourth-order valence-electron chi connectivity index (χ4n) is 2.79. The van der Waals surface area contributed by atoms with E-state index in [1.165, 1.54) is 36.4 Å². The minimum Gasteiger partial charge on any atom is -0.460 e. The Morgan fingerprint density at radius 2 is 1.93 bits per heavy atom. The zero-order valence-electron chi connectivity index (χ0n) is 15.8. The average molecular weight is 418 g/mol. The van der Waals surface area contributed by atoms with Crippen molar-refractivity contribution in [1.82, 2.24) is 0 Å². The van der Waals surface area contributed by atoms with Crippen LogP contribution in [-0.2, 0) is 14.8 Å². The van der Waals surface area contributed by atoms with Gasteiger partial charge in [-0.25, -0.2) is 13.2 Å². The Balaban J connectivity index is 1.99. The highest BCUT2D eigenvalue weighted by atomic mass is 32.2. The first-order chi connectivity index (χ1) is 13.6. The normalized spacial score (nSPS) is 11.6. The van der Waals surface area contributed by atoms with Crippen LogP contribution in [0.5, 0.6) is 0 Å². The van der Waals surface area contributed by atoms with Gasteiger partial charge in [0.25, 0.3) is 15.7 Å². The number of anilines is 1. The molecule has 1 aromatic heterocycles. The first-order valence-corrected chi connectivity index (χ1v) is 10.1. The average Bonchev–Trinajstić information content (AvgIpc) is 2.96. The molecule has 29 heavy (non-hydrogen) atoms. The first-order valence-electron chi connectivity index (χ1n) is 8.60. The Labute approximate surface area is 166 Å². The number of fused-ring (bicyclic) bond motifs is 1. The molecule has 0 unspecified atom stereocenters. The SMILES string of the molecule is Cc1oc2ccc(NS(=O)(=O)c3cccc([N+](=O)[O-])c3)cc2c1C(=O)OC(C)C. The molecule has 2 aromatic carbocycles. The van der Waals surface area contributed by atoms with Gasteiger partial charge in [-0.15, -0.1) is 0 Å². The lowest BCUT2D eigenvalue weighted by atomic mass is 10.1. The van der Waals surface area contributed by atoms with E-state index in [0.29, 0.717) is 16.7 Å². The van der Waals surface area contributed by atoms with Crippen LogP contribution in [0, 0.1) is 17.0 Å². The zero-order chi connectivity index (χ0) is 21.3. The standard InChI is InChI=1S/C19H18N2O7S/c1-11(2)27-19(22)18-12(3)28-17-8-7-13(9-16(17)18)20-29(25,26)15-6-4-5-14(10-15)21(23)24/h4-11,20H,1-3H3. The maximum Gasteiger partial charge on any atom is 0.342 e. The molecule has 0 saturated heterocycles. The number of hydrogen-bond acceptors (Lipinski definition) is 7. The third-order valence-electron chi connectivity index (χ3n) is 4.00. The molecule has 0 fully saturated rings. The molecule has 0 amide bonds. The molecule has 0 aliphatic rings. The number of carbonyl (C=O) groups excluding carboxylic acids is 1. The summed E-state index contributed by atoms with van der Waals surface area (Å²) >= 11 is 0. The summed E-state index contributed by atoms with van der Waals surface area (Å²) in [6, 6.07) is 9.16. The molecule has 3 rings (SSSR count). The Morgan fingerprint density at radius 1 is 1.21 bits per heavy atom. The van der Waals surface area contributed by atoms with Gasteiger partial charge in [0.2, 0.25) is 0 Å². The second-order valence-corrected chi connectivity index (χ2v) is 8.24. The topological polar surface area (TPSA) is 129 Å². The molecule has 0 spiro atoms. The van der Waals surface area contributed by atoms with E-state index in [-0.39, 0.29) is 27.9 Å². The highest BCUT2D eigenvalue weighted by molar-refractivity contribution is 7.92. The van der Waals surface area contributed by atoms with Crippen molar-refractivity contribution >= 4 is 38.3 Å². The number of carbonyl (C=O) groups is 1. The number of non-ortho nitro benzene ring substituents is 1. The van der Waals surface area contributed by atoms with Crippen molar-refractivity contribution in [1.29, 1.82) is 0 Å². The van der Waals surface area contributed by atoms with Crippen molar-refractivity contribution in [3.8, 4) is 0 Å². The maximum absolute atomic E-state index is 12.6. The van der Waals surface area contributed by atoms with E-state index in [4.69, 9.17) is 9.15 Å². The molecule has 0 radical (unpaired) electrons. The second-order valence-electron chi connectivity index (χ2n) is 6.56. The molecule has 1 heterocycles. The van der Waals surface area contributed by atoms with E-state index < -0.39 is 20.9 Å². The third kappa shape index (κ3) is 4.21. The number of benzene rings is 2. The summed E-state index contributed by atoms with van der Waals surface area (Å²) in [5, 5.41) is 11.3. The van der Waals surface area contributed by atoms with Crippen molar-refractivity contribution in [2.45, 2.75) is 31.8 Å². The smallest absolute Gasteiger partial charge is 0.342 e. The van der Waals surface area contributed by atoms with Crippen molar-refractivity contribution in [2.75, 3.05) is 4.72 Å². The van der Waals surface area contributed by atoms with E-state index in [0.717, 1.165) is 6.07 Å². The van der Waals surface area contributed by atoms with Crippen molar-refractivity contribution in [2.24, 2.45) is 0 Å². The number of nitrogens with zero attached hydrogens (tertiary/aromatic N) is 1. The van der Waals surface area contributed by atoms with E-state index in [1.807, 2.05) is 0 Å². The molecule has 0 saturated carbocycles. The van der Waals surface area contributed by atoms with Crippen LogP contribution >= 0.6 is 0 Å². The number of nitrogens with one attached hydrogen (secondary N) is 1. The number of esters is 1. The summed E-state index contributed by atoms with van der Waals surface area (Å²) in [5.41, 5.74) is 0.442. The van der Waals surface area contributed by atoms with Crippen LogP contribution in [-0.4, -0.2) is 25.4 Å². The highest BCUT2D eigenvalue weighted by Gasteiger charge is 2.22. The Bertz CT molecular complexity index is 1210. The van der Waals surface area contributed by atoms with Crippen molar-refractivity contribution < 1.29 is 27.3 Å². The van der Waals surface area contributed by atoms with Gasteiger partial charge in [-0.2, -0.15) is 0 Å². The summed E-state index contributed by atoms with van der Waals surface area (Å²) < 4.78 is 38.4. The first kappa shape index (κ1) is 20.3. The van der Waals surface area contributed by atoms with Crippen LogP contribution in [0.3, 0.4) is 0 Å². The molecule has 3 aromatic rings. The minimum absolute atomic E-state index is 0.170. The Hall–Kier alpha value is -3.40. The van der Waals surface area contributed by atoms with Gasteiger partial charge in [-0.1, -0.05) is 6.07 Å². The van der Waals surface area contributed by atoms with Gasteiger partial charge in [-0.3, -0.25) is 14.8 Å². The van der Waals surface area contributed by atoms with Gasteiger partial charge in [-0.05, 0) is 45.0 Å². The van der Waals surface area contributed by atoms with Gasteiger partial charge in [0.15, 0.2) is 0 Å². The molecule has 9 nitrogen and oxygen atoms in total. The molecular weight excluding hydrogens is 400 g/mol. The number of aryl methyl sites for hydroxylation is 1. The minimum atomic E-state index is -4.08. The Morgan fingerprint density at radius 3 is 2.59 bits per heavy atom. The van der Waals surface area contributed by atoms with E-state index in [1.54, 1.807) is 20.8 Å². The van der Waals surface area contributed by atoms with Crippen LogP contribution in [0.4, 0.5) is 11.4 Å².